The molecule has 0 unspecified atom stereocenters. The smallest absolute Gasteiger partial charge is 0.203 e. The Balaban J connectivity index is 0.000000250. The van der Waals surface area contributed by atoms with E-state index in [0.717, 1.165) is 0 Å². The molecular formula is C2H5N3O. The molecular weight excluding hydrogens is 82.0 g/mol. The number of hydrogen-bond acceptors (Lipinski definition) is 4. The van der Waals surface area contributed by atoms with Crippen molar-refractivity contribution < 1.29 is 4.42 Å². The van der Waals surface area contributed by atoms with Crippen LogP contribution in [0.3, 0.4) is 0 Å². The third kappa shape index (κ3) is 0.813. The fourth-order valence-electron chi connectivity index (χ4n) is 0.136. The van der Waals surface area contributed by atoms with E-state index < -0.39 is 0 Å². The first-order chi connectivity index (χ1) is 2.50. The lowest BCUT2D eigenvalue weighted by Crippen LogP contribution is -1.53. The van der Waals surface area contributed by atoms with Crippen molar-refractivity contribution in [2.75, 3.05) is 0 Å². The van der Waals surface area contributed by atoms with Crippen molar-refractivity contribution in [1.82, 2.24) is 16.3 Å². The van der Waals surface area contributed by atoms with E-state index in [1.165, 1.54) is 12.8 Å². The molecule has 34 valence electrons. The molecule has 0 bridgehead atoms. The molecule has 3 N–H and O–H groups in total. The van der Waals surface area contributed by atoms with Gasteiger partial charge in [-0.1, -0.05) is 0 Å². The minimum Gasteiger partial charge on any atom is -0.431 e. The first-order valence-electron chi connectivity index (χ1n) is 1.19. The van der Waals surface area contributed by atoms with E-state index >= 15 is 0 Å². The fourth-order valence-corrected chi connectivity index (χ4v) is 0.136. The van der Waals surface area contributed by atoms with Crippen molar-refractivity contribution in [2.45, 2.75) is 0 Å². The van der Waals surface area contributed by atoms with Crippen LogP contribution < -0.4 is 6.15 Å². The van der Waals surface area contributed by atoms with Crippen molar-refractivity contribution >= 4 is 0 Å². The molecule has 4 nitrogen and oxygen atoms in total. The van der Waals surface area contributed by atoms with Crippen LogP contribution in [-0.2, 0) is 0 Å². The Hall–Kier alpha value is -0.900. The Kier molecular flexibility index (Phi) is 1.99. The molecule has 0 saturated heterocycles. The number of hydrogen-bond donors (Lipinski definition) is 1. The quantitative estimate of drug-likeness (QED) is 0.491. The van der Waals surface area contributed by atoms with E-state index in [1.807, 2.05) is 0 Å². The predicted octanol–water partition coefficient (Wildman–Crippen LogP) is 0.232. The average molecular weight is 87.1 g/mol. The summed E-state index contributed by atoms with van der Waals surface area (Å²) in [5, 5.41) is 6.61. The highest BCUT2D eigenvalue weighted by Crippen LogP contribution is 1.64. The maximum absolute atomic E-state index is 4.36. The SMILES string of the molecule is N.c1nnco1. The molecule has 4 heteroatoms. The molecule has 0 fully saturated rings. The summed E-state index contributed by atoms with van der Waals surface area (Å²) in [6, 6.07) is 0. The van der Waals surface area contributed by atoms with Gasteiger partial charge in [-0.3, -0.25) is 0 Å². The van der Waals surface area contributed by atoms with Crippen molar-refractivity contribution in [3.63, 3.8) is 0 Å². The number of nitrogens with zero attached hydrogens (tertiary/aromatic N) is 2. The van der Waals surface area contributed by atoms with Gasteiger partial charge in [-0.2, -0.15) is 0 Å². The van der Waals surface area contributed by atoms with Crippen LogP contribution in [-0.4, -0.2) is 10.2 Å². The standard InChI is InChI=1S/C2H2N2O.H3N/c1-3-4-2-5-1;/h1-2H;1H3. The van der Waals surface area contributed by atoms with Gasteiger partial charge < -0.3 is 10.6 Å². The van der Waals surface area contributed by atoms with Gasteiger partial charge in [0.25, 0.3) is 0 Å². The summed E-state index contributed by atoms with van der Waals surface area (Å²) in [6.07, 6.45) is 2.53. The Labute approximate surface area is 34.8 Å². The van der Waals surface area contributed by atoms with Crippen LogP contribution in [0.1, 0.15) is 0 Å². The third-order valence-electron chi connectivity index (χ3n) is 0.283. The van der Waals surface area contributed by atoms with Gasteiger partial charge in [0.15, 0.2) is 0 Å². The van der Waals surface area contributed by atoms with E-state index in [2.05, 4.69) is 14.6 Å². The van der Waals surface area contributed by atoms with E-state index in [1.54, 1.807) is 0 Å². The highest BCUT2D eigenvalue weighted by Gasteiger charge is 1.60. The van der Waals surface area contributed by atoms with E-state index in [-0.39, 0.29) is 6.15 Å². The molecule has 0 aliphatic rings. The Morgan fingerprint density at radius 1 is 1.17 bits per heavy atom. The zero-order valence-corrected chi connectivity index (χ0v) is 3.16. The Bertz CT molecular complexity index is 65.3. The van der Waals surface area contributed by atoms with Gasteiger partial charge in [0.05, 0.1) is 0 Å². The summed E-state index contributed by atoms with van der Waals surface area (Å²) in [5.41, 5.74) is 0. The summed E-state index contributed by atoms with van der Waals surface area (Å²) in [6.45, 7) is 0. The predicted molar refractivity (Wildman–Crippen MR) is 19.3 cm³/mol. The molecule has 0 aliphatic heterocycles. The maximum Gasteiger partial charge on any atom is 0.203 e. The van der Waals surface area contributed by atoms with Gasteiger partial charge >= 0.3 is 0 Å². The van der Waals surface area contributed by atoms with Crippen LogP contribution in [0.15, 0.2) is 17.2 Å². The molecule has 1 heterocycles. The monoisotopic (exact) mass is 87.0 g/mol. The van der Waals surface area contributed by atoms with E-state index in [9.17, 15) is 0 Å². The van der Waals surface area contributed by atoms with Crippen molar-refractivity contribution in [2.24, 2.45) is 0 Å². The van der Waals surface area contributed by atoms with Crippen LogP contribution >= 0.6 is 0 Å². The molecule has 0 aliphatic carbocycles. The molecule has 0 atom stereocenters. The molecule has 0 saturated carbocycles. The minimum absolute atomic E-state index is 0. The van der Waals surface area contributed by atoms with Crippen molar-refractivity contribution in [3.8, 4) is 0 Å². The summed E-state index contributed by atoms with van der Waals surface area (Å²) in [5.74, 6) is 0. The maximum atomic E-state index is 4.36. The van der Waals surface area contributed by atoms with Crippen LogP contribution in [0.2, 0.25) is 0 Å². The third-order valence-corrected chi connectivity index (χ3v) is 0.283. The lowest BCUT2D eigenvalue weighted by molar-refractivity contribution is 0.553. The normalized spacial score (nSPS) is 6.67. The second kappa shape index (κ2) is 2.34. The fraction of sp³-hybridized carbons (Fsp3) is 0. The van der Waals surface area contributed by atoms with Gasteiger partial charge in [0, 0.05) is 0 Å². The highest BCUT2D eigenvalue weighted by molar-refractivity contribution is 4.29. The molecule has 0 radical (unpaired) electrons. The highest BCUT2D eigenvalue weighted by atomic mass is 16.3. The summed E-state index contributed by atoms with van der Waals surface area (Å²) >= 11 is 0. The summed E-state index contributed by atoms with van der Waals surface area (Å²) in [7, 11) is 0. The Morgan fingerprint density at radius 2 is 1.67 bits per heavy atom. The van der Waals surface area contributed by atoms with Gasteiger partial charge in [-0.05, 0) is 0 Å². The number of aromatic nitrogens is 2. The summed E-state index contributed by atoms with van der Waals surface area (Å²) < 4.78 is 4.36. The molecule has 6 heavy (non-hydrogen) atoms. The molecule has 1 aromatic rings. The molecule has 0 aromatic carbocycles. The second-order valence-corrected chi connectivity index (χ2v) is 0.578. The van der Waals surface area contributed by atoms with Gasteiger partial charge in [-0.25, -0.2) is 0 Å². The average Bonchev–Trinajstić information content (AvgIpc) is 1.76. The topological polar surface area (TPSA) is 73.9 Å². The minimum atomic E-state index is 0. The summed E-state index contributed by atoms with van der Waals surface area (Å²) in [4.78, 5) is 0. The van der Waals surface area contributed by atoms with E-state index in [4.69, 9.17) is 0 Å². The van der Waals surface area contributed by atoms with Gasteiger partial charge in [-0.15, -0.1) is 10.2 Å². The molecule has 1 aromatic heterocycles. The first-order valence-corrected chi connectivity index (χ1v) is 1.19. The molecule has 1 rings (SSSR count). The molecule has 0 spiro atoms. The van der Waals surface area contributed by atoms with Crippen molar-refractivity contribution in [3.05, 3.63) is 12.8 Å². The first kappa shape index (κ1) is 5.10. The largest absolute Gasteiger partial charge is 0.431 e. The zero-order chi connectivity index (χ0) is 3.54. The van der Waals surface area contributed by atoms with Crippen LogP contribution in [0, 0.1) is 0 Å². The van der Waals surface area contributed by atoms with Crippen LogP contribution in [0.25, 0.3) is 0 Å². The van der Waals surface area contributed by atoms with Crippen LogP contribution in [0.5, 0.6) is 0 Å². The Morgan fingerprint density at radius 3 is 1.83 bits per heavy atom. The van der Waals surface area contributed by atoms with E-state index in [0.29, 0.717) is 0 Å². The molecule has 0 amide bonds. The number of rotatable bonds is 0. The van der Waals surface area contributed by atoms with Gasteiger partial charge in [0.1, 0.15) is 0 Å². The zero-order valence-electron chi connectivity index (χ0n) is 3.16. The second-order valence-electron chi connectivity index (χ2n) is 0.578. The lowest BCUT2D eigenvalue weighted by atomic mass is 11.5. The van der Waals surface area contributed by atoms with Crippen LogP contribution in [0.4, 0.5) is 0 Å². The van der Waals surface area contributed by atoms with Crippen molar-refractivity contribution in [1.29, 1.82) is 0 Å². The lowest BCUT2D eigenvalue weighted by Gasteiger charge is -1.44. The van der Waals surface area contributed by atoms with Gasteiger partial charge in [0.2, 0.25) is 12.8 Å².